The van der Waals surface area contributed by atoms with Crippen molar-refractivity contribution in [2.75, 3.05) is 13.2 Å². The lowest BCUT2D eigenvalue weighted by atomic mass is 10.00. The van der Waals surface area contributed by atoms with Crippen LogP contribution in [0.15, 0.2) is 47.1 Å². The van der Waals surface area contributed by atoms with E-state index in [1.807, 2.05) is 31.2 Å². The first-order valence-corrected chi connectivity index (χ1v) is 5.98. The molecule has 0 spiro atoms. The third kappa shape index (κ3) is 3.09. The maximum absolute atomic E-state index is 5.75. The first-order valence-electron chi connectivity index (χ1n) is 5.98. The molecule has 0 aliphatic carbocycles. The van der Waals surface area contributed by atoms with Gasteiger partial charge in [0.25, 0.3) is 0 Å². The fourth-order valence-electron chi connectivity index (χ4n) is 1.76. The summed E-state index contributed by atoms with van der Waals surface area (Å²) in [6.07, 6.45) is 2.64. The van der Waals surface area contributed by atoms with Crippen molar-refractivity contribution in [3.05, 3.63) is 47.7 Å². The van der Waals surface area contributed by atoms with E-state index < -0.39 is 0 Å². The molecular formula is C14H18N2O. The summed E-state index contributed by atoms with van der Waals surface area (Å²) in [6.45, 7) is 3.46. The molecule has 1 aliphatic rings. The number of hydrogen-bond acceptors (Lipinski definition) is 3. The largest absolute Gasteiger partial charge is 0.477 e. The van der Waals surface area contributed by atoms with Gasteiger partial charge in [0.1, 0.15) is 0 Å². The zero-order valence-corrected chi connectivity index (χ0v) is 10.1. The number of nitrogens with two attached hydrogens (primary N) is 1. The van der Waals surface area contributed by atoms with Crippen molar-refractivity contribution in [1.82, 2.24) is 0 Å². The zero-order chi connectivity index (χ0) is 12.1. The first kappa shape index (κ1) is 11.7. The highest BCUT2D eigenvalue weighted by molar-refractivity contribution is 5.88. The van der Waals surface area contributed by atoms with Crippen LogP contribution in [0.4, 0.5) is 0 Å². The van der Waals surface area contributed by atoms with Gasteiger partial charge in [0.15, 0.2) is 0 Å². The Kier molecular flexibility index (Phi) is 3.81. The van der Waals surface area contributed by atoms with Crippen molar-refractivity contribution in [2.24, 2.45) is 10.7 Å². The van der Waals surface area contributed by atoms with E-state index in [9.17, 15) is 0 Å². The summed E-state index contributed by atoms with van der Waals surface area (Å²) in [4.78, 5) is 4.41. The molecule has 1 aromatic carbocycles. The van der Waals surface area contributed by atoms with E-state index >= 15 is 0 Å². The molecule has 0 saturated heterocycles. The highest BCUT2D eigenvalue weighted by atomic mass is 16.5. The van der Waals surface area contributed by atoms with E-state index in [4.69, 9.17) is 10.5 Å². The first-order chi connectivity index (χ1) is 8.29. The SMILES string of the molecule is CC/C(N)=C/C1=NCC(c2ccccc2)CO1. The van der Waals surface area contributed by atoms with Crippen LogP contribution in [0.1, 0.15) is 24.8 Å². The highest BCUT2D eigenvalue weighted by Gasteiger charge is 2.17. The molecule has 1 aliphatic heterocycles. The number of ether oxygens (including phenoxy) is 1. The molecule has 1 atom stereocenters. The number of hydrogen-bond donors (Lipinski definition) is 1. The number of rotatable bonds is 3. The zero-order valence-electron chi connectivity index (χ0n) is 10.1. The van der Waals surface area contributed by atoms with Gasteiger partial charge in [-0.25, -0.2) is 0 Å². The lowest BCUT2D eigenvalue weighted by Gasteiger charge is -2.21. The minimum atomic E-state index is 0.358. The maximum atomic E-state index is 5.75. The molecule has 3 heteroatoms. The Hall–Kier alpha value is -1.77. The van der Waals surface area contributed by atoms with Crippen LogP contribution in [0.25, 0.3) is 0 Å². The van der Waals surface area contributed by atoms with Gasteiger partial charge in [-0.05, 0) is 12.0 Å². The molecule has 2 rings (SSSR count). The molecule has 0 bridgehead atoms. The molecule has 3 nitrogen and oxygen atoms in total. The molecule has 1 heterocycles. The molecule has 0 radical (unpaired) electrons. The Balaban J connectivity index is 2.02. The number of allylic oxidation sites excluding steroid dienone is 1. The van der Waals surface area contributed by atoms with Crippen LogP contribution < -0.4 is 5.73 Å². The summed E-state index contributed by atoms with van der Waals surface area (Å²) < 4.78 is 5.61. The van der Waals surface area contributed by atoms with Crippen LogP contribution in [-0.4, -0.2) is 19.0 Å². The van der Waals surface area contributed by atoms with Crippen molar-refractivity contribution in [1.29, 1.82) is 0 Å². The number of nitrogens with zero attached hydrogens (tertiary/aromatic N) is 1. The Morgan fingerprint density at radius 1 is 1.47 bits per heavy atom. The normalized spacial score (nSPS) is 20.6. The third-order valence-electron chi connectivity index (χ3n) is 2.89. The van der Waals surface area contributed by atoms with Gasteiger partial charge in [-0.2, -0.15) is 0 Å². The van der Waals surface area contributed by atoms with Gasteiger partial charge in [-0.1, -0.05) is 37.3 Å². The lowest BCUT2D eigenvalue weighted by Crippen LogP contribution is -2.21. The van der Waals surface area contributed by atoms with Crippen molar-refractivity contribution >= 4 is 5.90 Å². The van der Waals surface area contributed by atoms with Gasteiger partial charge >= 0.3 is 0 Å². The summed E-state index contributed by atoms with van der Waals surface area (Å²) in [5, 5.41) is 0. The van der Waals surface area contributed by atoms with Gasteiger partial charge in [0, 0.05) is 17.7 Å². The van der Waals surface area contributed by atoms with E-state index in [1.54, 1.807) is 0 Å². The minimum Gasteiger partial charge on any atom is -0.477 e. The molecule has 0 aromatic heterocycles. The molecule has 0 fully saturated rings. The Morgan fingerprint density at radius 3 is 2.82 bits per heavy atom. The molecule has 0 amide bonds. The molecule has 0 saturated carbocycles. The topological polar surface area (TPSA) is 47.6 Å². The van der Waals surface area contributed by atoms with Crippen molar-refractivity contribution in [3.8, 4) is 0 Å². The molecular weight excluding hydrogens is 212 g/mol. The quantitative estimate of drug-likeness (QED) is 0.867. The van der Waals surface area contributed by atoms with Gasteiger partial charge in [-0.3, -0.25) is 4.99 Å². The van der Waals surface area contributed by atoms with E-state index in [0.717, 1.165) is 18.7 Å². The van der Waals surface area contributed by atoms with E-state index in [-0.39, 0.29) is 0 Å². The van der Waals surface area contributed by atoms with Crippen LogP contribution in [0.5, 0.6) is 0 Å². The Labute approximate surface area is 102 Å². The van der Waals surface area contributed by atoms with Crippen LogP contribution in [0.2, 0.25) is 0 Å². The smallest absolute Gasteiger partial charge is 0.210 e. The number of benzene rings is 1. The van der Waals surface area contributed by atoms with Gasteiger partial charge in [-0.15, -0.1) is 0 Å². The van der Waals surface area contributed by atoms with Gasteiger partial charge < -0.3 is 10.5 Å². The fourth-order valence-corrected chi connectivity index (χ4v) is 1.76. The highest BCUT2D eigenvalue weighted by Crippen LogP contribution is 2.19. The summed E-state index contributed by atoms with van der Waals surface area (Å²) in [5.41, 5.74) is 7.84. The standard InChI is InChI=1S/C14H18N2O/c1-2-13(15)8-14-16-9-12(10-17-14)11-6-4-3-5-7-11/h3-8,12H,2,9-10,15H2,1H3/b13-8-. The molecule has 1 aromatic rings. The third-order valence-corrected chi connectivity index (χ3v) is 2.89. The lowest BCUT2D eigenvalue weighted by molar-refractivity contribution is 0.261. The Morgan fingerprint density at radius 2 is 2.24 bits per heavy atom. The van der Waals surface area contributed by atoms with E-state index in [1.165, 1.54) is 5.56 Å². The molecule has 2 N–H and O–H groups in total. The van der Waals surface area contributed by atoms with Crippen molar-refractivity contribution < 1.29 is 4.74 Å². The van der Waals surface area contributed by atoms with E-state index in [2.05, 4.69) is 17.1 Å². The van der Waals surface area contributed by atoms with Crippen LogP contribution in [0.3, 0.4) is 0 Å². The predicted octanol–water partition coefficient (Wildman–Crippen LogP) is 2.45. The minimum absolute atomic E-state index is 0.358. The second kappa shape index (κ2) is 5.53. The monoisotopic (exact) mass is 230 g/mol. The number of aliphatic imine (C=N–C) groups is 1. The van der Waals surface area contributed by atoms with Gasteiger partial charge in [0.05, 0.1) is 13.2 Å². The second-order valence-electron chi connectivity index (χ2n) is 4.17. The summed E-state index contributed by atoms with van der Waals surface area (Å²) in [7, 11) is 0. The molecule has 90 valence electrons. The van der Waals surface area contributed by atoms with Crippen LogP contribution >= 0.6 is 0 Å². The predicted molar refractivity (Wildman–Crippen MR) is 70.0 cm³/mol. The molecule has 1 unspecified atom stereocenters. The summed E-state index contributed by atoms with van der Waals surface area (Å²) in [5.74, 6) is 1.02. The van der Waals surface area contributed by atoms with Crippen LogP contribution in [-0.2, 0) is 4.74 Å². The maximum Gasteiger partial charge on any atom is 0.210 e. The van der Waals surface area contributed by atoms with Crippen LogP contribution in [0, 0.1) is 0 Å². The summed E-state index contributed by atoms with van der Waals surface area (Å²) in [6, 6.07) is 10.3. The molecule has 17 heavy (non-hydrogen) atoms. The Bertz CT molecular complexity index is 423. The second-order valence-corrected chi connectivity index (χ2v) is 4.17. The fraction of sp³-hybridized carbons (Fsp3) is 0.357. The van der Waals surface area contributed by atoms with Gasteiger partial charge in [0.2, 0.25) is 5.90 Å². The summed E-state index contributed by atoms with van der Waals surface area (Å²) >= 11 is 0. The average molecular weight is 230 g/mol. The van der Waals surface area contributed by atoms with Crippen molar-refractivity contribution in [2.45, 2.75) is 19.3 Å². The van der Waals surface area contributed by atoms with Crippen molar-refractivity contribution in [3.63, 3.8) is 0 Å². The average Bonchev–Trinajstić information content (AvgIpc) is 2.40. The van der Waals surface area contributed by atoms with E-state index in [0.29, 0.717) is 18.4 Å².